The van der Waals surface area contributed by atoms with Gasteiger partial charge in [-0.1, -0.05) is 30.2 Å². The molecule has 14 heavy (non-hydrogen) atoms. The van der Waals surface area contributed by atoms with Gasteiger partial charge >= 0.3 is 0 Å². The Morgan fingerprint density at radius 1 is 1.43 bits per heavy atom. The van der Waals surface area contributed by atoms with E-state index < -0.39 is 11.3 Å². The third-order valence-electron chi connectivity index (χ3n) is 2.49. The zero-order chi connectivity index (χ0) is 10.2. The number of hydrogen-bond donors (Lipinski definition) is 1. The van der Waals surface area contributed by atoms with E-state index in [1.165, 1.54) is 0 Å². The van der Waals surface area contributed by atoms with Gasteiger partial charge in [0.15, 0.2) is 0 Å². The molecule has 1 fully saturated rings. The maximum Gasteiger partial charge on any atom is 0.249 e. The average molecular weight is 187 g/mol. The molecule has 1 saturated heterocycles. The van der Waals surface area contributed by atoms with Crippen LogP contribution in [0.2, 0.25) is 0 Å². The largest absolute Gasteiger partial charge is 0.294 e. The van der Waals surface area contributed by atoms with Crippen LogP contribution in [-0.2, 0) is 9.59 Å². The number of allylic oxidation sites excluding steroid dienone is 2. The highest BCUT2D eigenvalue weighted by Gasteiger charge is 2.52. The number of rotatable bonds is 0. The van der Waals surface area contributed by atoms with Crippen molar-refractivity contribution in [1.82, 2.24) is 5.32 Å². The van der Waals surface area contributed by atoms with Gasteiger partial charge in [0.1, 0.15) is 5.41 Å². The molecule has 0 aromatic rings. The Bertz CT molecular complexity index is 422. The molecule has 2 atom stereocenters. The van der Waals surface area contributed by atoms with Crippen LogP contribution >= 0.6 is 0 Å². The fourth-order valence-electron chi connectivity index (χ4n) is 1.83. The summed E-state index contributed by atoms with van der Waals surface area (Å²) in [5, 5.41) is 2.30. The minimum Gasteiger partial charge on any atom is -0.294 e. The smallest absolute Gasteiger partial charge is 0.249 e. The lowest BCUT2D eigenvalue weighted by Gasteiger charge is -2.21. The van der Waals surface area contributed by atoms with Gasteiger partial charge in [0, 0.05) is 0 Å². The van der Waals surface area contributed by atoms with E-state index in [1.807, 2.05) is 0 Å². The molecule has 1 N–H and O–H groups in total. The van der Waals surface area contributed by atoms with E-state index in [2.05, 4.69) is 17.2 Å². The zero-order valence-corrected chi connectivity index (χ0v) is 7.70. The van der Waals surface area contributed by atoms with Gasteiger partial charge in [-0.15, -0.1) is 5.92 Å². The van der Waals surface area contributed by atoms with Gasteiger partial charge in [0.25, 0.3) is 0 Å². The highest BCUT2D eigenvalue weighted by Crippen LogP contribution is 2.37. The molecule has 0 aromatic carbocycles. The van der Waals surface area contributed by atoms with E-state index in [9.17, 15) is 9.59 Å². The summed E-state index contributed by atoms with van der Waals surface area (Å²) < 4.78 is 0. The normalized spacial score (nSPS) is 33.4. The number of hydrogen-bond acceptors (Lipinski definition) is 2. The maximum absolute atomic E-state index is 11.6. The molecular formula is C11H9NO2. The quantitative estimate of drug-likeness (QED) is 0.440. The Morgan fingerprint density at radius 2 is 2.21 bits per heavy atom. The van der Waals surface area contributed by atoms with Gasteiger partial charge in [-0.05, 0) is 6.92 Å². The molecular weight excluding hydrogens is 178 g/mol. The monoisotopic (exact) mass is 187 g/mol. The standard InChI is InChI=1S/C11H9NO2/c1-2-6-11-7-4-3-5-8(11)9(13)12-10(11)14/h3-5,7-8H,1H3,(H,12,13,14). The van der Waals surface area contributed by atoms with Crippen molar-refractivity contribution in [1.29, 1.82) is 0 Å². The lowest BCUT2D eigenvalue weighted by Crippen LogP contribution is -2.32. The zero-order valence-electron chi connectivity index (χ0n) is 7.70. The van der Waals surface area contributed by atoms with Crippen molar-refractivity contribution in [2.24, 2.45) is 11.3 Å². The van der Waals surface area contributed by atoms with Gasteiger partial charge in [-0.3, -0.25) is 14.9 Å². The maximum atomic E-state index is 11.6. The molecule has 1 heterocycles. The van der Waals surface area contributed by atoms with Crippen molar-refractivity contribution in [3.05, 3.63) is 24.3 Å². The number of fused-ring (bicyclic) bond motifs is 1. The van der Waals surface area contributed by atoms with Crippen LogP contribution in [-0.4, -0.2) is 11.8 Å². The van der Waals surface area contributed by atoms with Crippen LogP contribution < -0.4 is 5.32 Å². The number of carbonyl (C=O) groups is 2. The molecule has 3 nitrogen and oxygen atoms in total. The first-order chi connectivity index (χ1) is 6.70. The third-order valence-corrected chi connectivity index (χ3v) is 2.49. The molecule has 2 amide bonds. The molecule has 2 aliphatic rings. The van der Waals surface area contributed by atoms with Crippen LogP contribution in [0, 0.1) is 23.2 Å². The SMILES string of the molecule is CC#CC12C=CC=CC1C(=O)NC2=O. The van der Waals surface area contributed by atoms with Gasteiger partial charge in [-0.25, -0.2) is 0 Å². The van der Waals surface area contributed by atoms with E-state index in [-0.39, 0.29) is 11.8 Å². The topological polar surface area (TPSA) is 46.2 Å². The van der Waals surface area contributed by atoms with Gasteiger partial charge < -0.3 is 0 Å². The minimum absolute atomic E-state index is 0.265. The van der Waals surface area contributed by atoms with Crippen LogP contribution in [0.25, 0.3) is 0 Å². The van der Waals surface area contributed by atoms with Crippen LogP contribution in [0.5, 0.6) is 0 Å². The van der Waals surface area contributed by atoms with Gasteiger partial charge in [-0.2, -0.15) is 0 Å². The van der Waals surface area contributed by atoms with Crippen LogP contribution in [0.15, 0.2) is 24.3 Å². The Balaban J connectivity index is 2.56. The Morgan fingerprint density at radius 3 is 2.93 bits per heavy atom. The highest BCUT2D eigenvalue weighted by molar-refractivity contribution is 6.11. The van der Waals surface area contributed by atoms with E-state index >= 15 is 0 Å². The molecule has 0 spiro atoms. The molecule has 1 aliphatic heterocycles. The van der Waals surface area contributed by atoms with Gasteiger partial charge in [0.05, 0.1) is 5.92 Å². The van der Waals surface area contributed by atoms with Crippen LogP contribution in [0.3, 0.4) is 0 Å². The van der Waals surface area contributed by atoms with Gasteiger partial charge in [0.2, 0.25) is 11.8 Å². The molecule has 0 bridgehead atoms. The summed E-state index contributed by atoms with van der Waals surface area (Å²) in [6, 6.07) is 0. The van der Waals surface area contributed by atoms with Crippen molar-refractivity contribution in [3.8, 4) is 11.8 Å². The van der Waals surface area contributed by atoms with Crippen molar-refractivity contribution in [2.75, 3.05) is 0 Å². The molecule has 2 unspecified atom stereocenters. The third kappa shape index (κ3) is 0.942. The summed E-state index contributed by atoms with van der Waals surface area (Å²) in [5.74, 6) is 4.47. The molecule has 0 aromatic heterocycles. The minimum atomic E-state index is -0.958. The molecule has 2 rings (SSSR count). The molecule has 70 valence electrons. The van der Waals surface area contributed by atoms with Crippen LogP contribution in [0.4, 0.5) is 0 Å². The number of amides is 2. The average Bonchev–Trinajstić information content (AvgIpc) is 2.41. The number of nitrogens with one attached hydrogen (secondary N) is 1. The first-order valence-corrected chi connectivity index (χ1v) is 4.36. The van der Waals surface area contributed by atoms with Crippen molar-refractivity contribution < 1.29 is 9.59 Å². The summed E-state index contributed by atoms with van der Waals surface area (Å²) in [5.41, 5.74) is -0.958. The van der Waals surface area contributed by atoms with Crippen molar-refractivity contribution >= 4 is 11.8 Å². The summed E-state index contributed by atoms with van der Waals surface area (Å²) in [7, 11) is 0. The van der Waals surface area contributed by atoms with E-state index in [0.717, 1.165) is 0 Å². The predicted octanol–water partition coefficient (Wildman–Crippen LogP) is 0.395. The number of carbonyl (C=O) groups excluding carboxylic acids is 2. The fraction of sp³-hybridized carbons (Fsp3) is 0.273. The molecule has 0 saturated carbocycles. The highest BCUT2D eigenvalue weighted by atomic mass is 16.2. The molecule has 3 heteroatoms. The predicted molar refractivity (Wildman–Crippen MR) is 50.8 cm³/mol. The second-order valence-corrected chi connectivity index (χ2v) is 3.28. The summed E-state index contributed by atoms with van der Waals surface area (Å²) in [6.07, 6.45) is 6.91. The van der Waals surface area contributed by atoms with E-state index in [0.29, 0.717) is 0 Å². The van der Waals surface area contributed by atoms with E-state index in [1.54, 1.807) is 31.2 Å². The Kier molecular flexibility index (Phi) is 1.78. The fourth-order valence-corrected chi connectivity index (χ4v) is 1.83. The number of imide groups is 1. The summed E-state index contributed by atoms with van der Waals surface area (Å²) in [4.78, 5) is 23.0. The second kappa shape index (κ2) is 2.85. The lowest BCUT2D eigenvalue weighted by molar-refractivity contribution is -0.126. The van der Waals surface area contributed by atoms with Crippen molar-refractivity contribution in [3.63, 3.8) is 0 Å². The first-order valence-electron chi connectivity index (χ1n) is 4.36. The molecule has 0 radical (unpaired) electrons. The Hall–Kier alpha value is -1.82. The Labute approximate surface area is 81.9 Å². The first kappa shape index (κ1) is 8.76. The lowest BCUT2D eigenvalue weighted by atomic mass is 9.75. The molecule has 1 aliphatic carbocycles. The summed E-state index contributed by atoms with van der Waals surface area (Å²) in [6.45, 7) is 1.66. The van der Waals surface area contributed by atoms with E-state index in [4.69, 9.17) is 0 Å². The summed E-state index contributed by atoms with van der Waals surface area (Å²) >= 11 is 0. The second-order valence-electron chi connectivity index (χ2n) is 3.28. The van der Waals surface area contributed by atoms with Crippen LogP contribution in [0.1, 0.15) is 6.92 Å². The van der Waals surface area contributed by atoms with Crippen molar-refractivity contribution in [2.45, 2.75) is 6.92 Å².